The van der Waals surface area contributed by atoms with Crippen molar-refractivity contribution in [2.75, 3.05) is 13.1 Å². The van der Waals surface area contributed by atoms with Crippen LogP contribution >= 0.6 is 0 Å². The van der Waals surface area contributed by atoms with Gasteiger partial charge in [0.15, 0.2) is 0 Å². The molecule has 0 fully saturated rings. The first-order valence-electron chi connectivity index (χ1n) is 8.14. The molecule has 0 spiro atoms. The van der Waals surface area contributed by atoms with Gasteiger partial charge in [-0.3, -0.25) is 9.88 Å². The molecule has 0 atom stereocenters. The molecule has 1 aliphatic rings. The highest BCUT2D eigenvalue weighted by Gasteiger charge is 2.21. The van der Waals surface area contributed by atoms with Gasteiger partial charge in [-0.1, -0.05) is 20.8 Å². The Labute approximate surface area is 131 Å². The minimum absolute atomic E-state index is 0.191. The van der Waals surface area contributed by atoms with E-state index in [1.165, 1.54) is 22.9 Å². The van der Waals surface area contributed by atoms with Crippen LogP contribution < -0.4 is 5.32 Å². The predicted molar refractivity (Wildman–Crippen MR) is 88.3 cm³/mol. The number of halogens is 1. The topological polar surface area (TPSA) is 28.2 Å². The smallest absolute Gasteiger partial charge is 0.123 e. The van der Waals surface area contributed by atoms with Crippen LogP contribution in [0, 0.1) is 5.82 Å². The van der Waals surface area contributed by atoms with E-state index in [0.29, 0.717) is 6.04 Å². The average molecular weight is 301 g/mol. The maximum absolute atomic E-state index is 13.7. The number of hydrogen-bond acceptors (Lipinski definition) is 3. The molecule has 118 valence electrons. The normalized spacial score (nSPS) is 15.5. The Hall–Kier alpha value is -1.52. The molecule has 0 saturated heterocycles. The zero-order chi connectivity index (χ0) is 15.7. The van der Waals surface area contributed by atoms with Crippen LogP contribution in [-0.2, 0) is 19.5 Å². The fourth-order valence-corrected chi connectivity index (χ4v) is 3.14. The highest BCUT2D eigenvalue weighted by Crippen LogP contribution is 2.28. The van der Waals surface area contributed by atoms with Gasteiger partial charge in [0.05, 0.1) is 5.52 Å². The van der Waals surface area contributed by atoms with Gasteiger partial charge in [-0.25, -0.2) is 4.39 Å². The molecule has 2 heterocycles. The molecule has 3 rings (SSSR count). The summed E-state index contributed by atoms with van der Waals surface area (Å²) in [5.74, 6) is -0.191. The quantitative estimate of drug-likeness (QED) is 0.939. The molecule has 0 amide bonds. The number of hydrogen-bond donors (Lipinski definition) is 1. The maximum Gasteiger partial charge on any atom is 0.123 e. The molecule has 0 aliphatic carbocycles. The SMILES string of the molecule is CCN1CCc2nc3ccc(F)cc3c(CNC(C)C)c2C1. The summed E-state index contributed by atoms with van der Waals surface area (Å²) in [6.45, 7) is 10.2. The molecular weight excluding hydrogens is 277 g/mol. The Bertz CT molecular complexity index is 682. The van der Waals surface area contributed by atoms with Crippen molar-refractivity contribution in [1.29, 1.82) is 0 Å². The van der Waals surface area contributed by atoms with Crippen molar-refractivity contribution in [3.63, 3.8) is 0 Å². The van der Waals surface area contributed by atoms with Crippen LogP contribution in [0.25, 0.3) is 10.9 Å². The highest BCUT2D eigenvalue weighted by molar-refractivity contribution is 5.84. The van der Waals surface area contributed by atoms with E-state index in [9.17, 15) is 4.39 Å². The monoisotopic (exact) mass is 301 g/mol. The summed E-state index contributed by atoms with van der Waals surface area (Å²) in [4.78, 5) is 7.22. The number of likely N-dealkylation sites (N-methyl/N-ethyl adjacent to an activating group) is 1. The number of benzene rings is 1. The fourth-order valence-electron chi connectivity index (χ4n) is 3.14. The van der Waals surface area contributed by atoms with Gasteiger partial charge in [0.2, 0.25) is 0 Å². The molecule has 4 heteroatoms. The first kappa shape index (κ1) is 15.4. The van der Waals surface area contributed by atoms with Gasteiger partial charge >= 0.3 is 0 Å². The van der Waals surface area contributed by atoms with Gasteiger partial charge in [-0.05, 0) is 35.9 Å². The summed E-state index contributed by atoms with van der Waals surface area (Å²) in [6.07, 6.45) is 0.977. The van der Waals surface area contributed by atoms with Gasteiger partial charge in [0, 0.05) is 43.2 Å². The third kappa shape index (κ3) is 2.99. The first-order chi connectivity index (χ1) is 10.6. The third-order valence-electron chi connectivity index (χ3n) is 4.43. The number of nitrogens with one attached hydrogen (secondary N) is 1. The van der Waals surface area contributed by atoms with Crippen molar-refractivity contribution in [1.82, 2.24) is 15.2 Å². The molecule has 1 aliphatic heterocycles. The van der Waals surface area contributed by atoms with Gasteiger partial charge in [0.1, 0.15) is 5.82 Å². The number of aromatic nitrogens is 1. The van der Waals surface area contributed by atoms with Crippen LogP contribution in [0.4, 0.5) is 4.39 Å². The minimum atomic E-state index is -0.191. The molecule has 22 heavy (non-hydrogen) atoms. The van der Waals surface area contributed by atoms with Crippen LogP contribution in [0.1, 0.15) is 37.6 Å². The highest BCUT2D eigenvalue weighted by atomic mass is 19.1. The molecule has 1 N–H and O–H groups in total. The van der Waals surface area contributed by atoms with Crippen LogP contribution in [-0.4, -0.2) is 29.0 Å². The summed E-state index contributed by atoms with van der Waals surface area (Å²) in [5, 5.41) is 4.44. The van der Waals surface area contributed by atoms with Gasteiger partial charge in [0.25, 0.3) is 0 Å². The summed E-state index contributed by atoms with van der Waals surface area (Å²) >= 11 is 0. The van der Waals surface area contributed by atoms with E-state index in [1.807, 2.05) is 0 Å². The van der Waals surface area contributed by atoms with Crippen molar-refractivity contribution in [3.8, 4) is 0 Å². The van der Waals surface area contributed by atoms with Crippen molar-refractivity contribution >= 4 is 10.9 Å². The number of rotatable bonds is 4. The molecule has 0 radical (unpaired) electrons. The van der Waals surface area contributed by atoms with Crippen LogP contribution in [0.3, 0.4) is 0 Å². The van der Waals surface area contributed by atoms with Crippen molar-refractivity contribution in [2.45, 2.75) is 46.3 Å². The Morgan fingerprint density at radius 3 is 2.91 bits per heavy atom. The summed E-state index contributed by atoms with van der Waals surface area (Å²) < 4.78 is 13.7. The second-order valence-corrected chi connectivity index (χ2v) is 6.33. The third-order valence-corrected chi connectivity index (χ3v) is 4.43. The molecule has 0 saturated carbocycles. The second kappa shape index (κ2) is 6.31. The lowest BCUT2D eigenvalue weighted by Gasteiger charge is -2.29. The van der Waals surface area contributed by atoms with Crippen molar-refractivity contribution < 1.29 is 4.39 Å². The summed E-state index contributed by atoms with van der Waals surface area (Å²) in [7, 11) is 0. The van der Waals surface area contributed by atoms with E-state index in [-0.39, 0.29) is 5.82 Å². The average Bonchev–Trinajstić information content (AvgIpc) is 2.51. The van der Waals surface area contributed by atoms with Crippen molar-refractivity contribution in [3.05, 3.63) is 40.8 Å². The predicted octanol–water partition coefficient (Wildman–Crippen LogP) is 3.25. The van der Waals surface area contributed by atoms with Crippen LogP contribution in [0.15, 0.2) is 18.2 Å². The maximum atomic E-state index is 13.7. The molecule has 1 aromatic heterocycles. The number of fused-ring (bicyclic) bond motifs is 2. The second-order valence-electron chi connectivity index (χ2n) is 6.33. The summed E-state index contributed by atoms with van der Waals surface area (Å²) in [5.41, 5.74) is 4.60. The van der Waals surface area contributed by atoms with E-state index < -0.39 is 0 Å². The Balaban J connectivity index is 2.13. The van der Waals surface area contributed by atoms with E-state index in [1.54, 1.807) is 12.1 Å². The lowest BCUT2D eigenvalue weighted by molar-refractivity contribution is 0.265. The molecule has 2 aromatic rings. The number of pyridine rings is 1. The van der Waals surface area contributed by atoms with E-state index in [0.717, 1.165) is 43.5 Å². The van der Waals surface area contributed by atoms with Crippen LogP contribution in [0.2, 0.25) is 0 Å². The zero-order valence-electron chi connectivity index (χ0n) is 13.6. The standard InChI is InChI=1S/C18H24FN3/c1-4-22-8-7-18-16(11-22)15(10-20-12(2)3)14-9-13(19)5-6-17(14)21-18/h5-6,9,12,20H,4,7-8,10-11H2,1-3H3. The largest absolute Gasteiger partial charge is 0.310 e. The van der Waals surface area contributed by atoms with E-state index in [2.05, 4.69) is 31.0 Å². The Morgan fingerprint density at radius 2 is 2.18 bits per heavy atom. The lowest BCUT2D eigenvalue weighted by atomic mass is 9.95. The number of nitrogens with zero attached hydrogens (tertiary/aromatic N) is 2. The molecule has 0 unspecified atom stereocenters. The van der Waals surface area contributed by atoms with Gasteiger partial charge in [-0.2, -0.15) is 0 Å². The summed E-state index contributed by atoms with van der Waals surface area (Å²) in [6, 6.07) is 5.34. The minimum Gasteiger partial charge on any atom is -0.310 e. The van der Waals surface area contributed by atoms with Crippen molar-refractivity contribution in [2.24, 2.45) is 0 Å². The Morgan fingerprint density at radius 1 is 1.36 bits per heavy atom. The van der Waals surface area contributed by atoms with Gasteiger partial charge < -0.3 is 5.32 Å². The van der Waals surface area contributed by atoms with E-state index >= 15 is 0 Å². The molecule has 1 aromatic carbocycles. The molecular formula is C18H24FN3. The van der Waals surface area contributed by atoms with Gasteiger partial charge in [-0.15, -0.1) is 0 Å². The fraction of sp³-hybridized carbons (Fsp3) is 0.500. The lowest BCUT2D eigenvalue weighted by Crippen LogP contribution is -2.33. The zero-order valence-corrected chi connectivity index (χ0v) is 13.6. The Kier molecular flexibility index (Phi) is 4.41. The molecule has 3 nitrogen and oxygen atoms in total. The van der Waals surface area contributed by atoms with E-state index in [4.69, 9.17) is 4.98 Å². The first-order valence-corrected chi connectivity index (χ1v) is 8.14. The molecule has 0 bridgehead atoms. The van der Waals surface area contributed by atoms with Crippen LogP contribution in [0.5, 0.6) is 0 Å².